The Balaban J connectivity index is 2.35. The highest BCUT2D eigenvalue weighted by Gasteiger charge is 2.30. The molecule has 0 aliphatic heterocycles. The van der Waals surface area contributed by atoms with Crippen LogP contribution in [0.2, 0.25) is 0 Å². The molecular weight excluding hydrogens is 176 g/mol. The van der Waals surface area contributed by atoms with E-state index in [1.807, 2.05) is 0 Å². The maximum atomic E-state index is 10.5. The number of hydrogen-bond donors (Lipinski definition) is 1. The predicted octanol–water partition coefficient (Wildman–Crippen LogP) is 3.27. The number of rotatable bonds is 2. The summed E-state index contributed by atoms with van der Waals surface area (Å²) in [4.78, 5) is 10.5. The average molecular weight is 197 g/mol. The van der Waals surface area contributed by atoms with Crippen molar-refractivity contribution in [2.45, 2.75) is 52.9 Å². The van der Waals surface area contributed by atoms with Gasteiger partial charge in [-0.25, -0.2) is 0 Å². The molecule has 1 saturated carbocycles. The molecule has 0 heterocycles. The average Bonchev–Trinajstić information content (AvgIpc) is 2.02. The Bertz CT molecular complexity index is 195. The summed E-state index contributed by atoms with van der Waals surface area (Å²) in [6, 6.07) is 0. The summed E-state index contributed by atoms with van der Waals surface area (Å²) in [7, 11) is 0. The van der Waals surface area contributed by atoms with Crippen LogP contribution in [-0.2, 0) is 4.79 Å². The molecule has 1 aliphatic carbocycles. The standard InChI is InChI=1S/C12H21O2/c1-12(2,3)10-6-4-9(5-7-10)8-11(13)14/h10H,4-8H2,1-3H3,(H,13,14). The van der Waals surface area contributed by atoms with E-state index in [1.54, 1.807) is 0 Å². The van der Waals surface area contributed by atoms with Crippen molar-refractivity contribution in [2.24, 2.45) is 11.3 Å². The third-order valence-corrected chi connectivity index (χ3v) is 3.32. The molecular formula is C12H21O2. The lowest BCUT2D eigenvalue weighted by Gasteiger charge is -2.36. The third kappa shape index (κ3) is 3.32. The van der Waals surface area contributed by atoms with Crippen LogP contribution in [0.15, 0.2) is 0 Å². The smallest absolute Gasteiger partial charge is 0.303 e. The first-order chi connectivity index (χ1) is 6.39. The van der Waals surface area contributed by atoms with Crippen LogP contribution in [0, 0.1) is 17.3 Å². The Morgan fingerprint density at radius 2 is 1.86 bits per heavy atom. The van der Waals surface area contributed by atoms with Crippen molar-refractivity contribution in [1.82, 2.24) is 0 Å². The van der Waals surface area contributed by atoms with Crippen LogP contribution in [0.3, 0.4) is 0 Å². The first-order valence-electron chi connectivity index (χ1n) is 5.45. The monoisotopic (exact) mass is 197 g/mol. The van der Waals surface area contributed by atoms with Crippen LogP contribution in [0.1, 0.15) is 52.9 Å². The van der Waals surface area contributed by atoms with E-state index in [0.29, 0.717) is 5.41 Å². The highest BCUT2D eigenvalue weighted by atomic mass is 16.4. The molecule has 1 fully saturated rings. The SMILES string of the molecule is CC(C)(C)C1CC[C](CC(=O)O)CC1. The van der Waals surface area contributed by atoms with Gasteiger partial charge in [-0.2, -0.15) is 0 Å². The number of carboxylic acid groups (broad SMARTS) is 1. The van der Waals surface area contributed by atoms with E-state index < -0.39 is 5.97 Å². The zero-order chi connectivity index (χ0) is 10.8. The number of hydrogen-bond acceptors (Lipinski definition) is 1. The summed E-state index contributed by atoms with van der Waals surface area (Å²) >= 11 is 0. The molecule has 81 valence electrons. The molecule has 0 aromatic heterocycles. The van der Waals surface area contributed by atoms with Gasteiger partial charge < -0.3 is 5.11 Å². The molecule has 0 spiro atoms. The fraction of sp³-hybridized carbons (Fsp3) is 0.833. The van der Waals surface area contributed by atoms with Crippen molar-refractivity contribution < 1.29 is 9.90 Å². The zero-order valence-electron chi connectivity index (χ0n) is 9.47. The van der Waals surface area contributed by atoms with E-state index in [2.05, 4.69) is 20.8 Å². The van der Waals surface area contributed by atoms with Crippen LogP contribution < -0.4 is 0 Å². The normalized spacial score (nSPS) is 21.1. The summed E-state index contributed by atoms with van der Waals surface area (Å²) in [5.74, 6) is 1.33. The van der Waals surface area contributed by atoms with Gasteiger partial charge in [-0.3, -0.25) is 4.79 Å². The Kier molecular flexibility index (Phi) is 3.57. The molecule has 2 nitrogen and oxygen atoms in total. The van der Waals surface area contributed by atoms with E-state index >= 15 is 0 Å². The van der Waals surface area contributed by atoms with Crippen molar-refractivity contribution >= 4 is 5.97 Å². The first-order valence-corrected chi connectivity index (χ1v) is 5.45. The topological polar surface area (TPSA) is 37.3 Å². The maximum Gasteiger partial charge on any atom is 0.303 e. The first kappa shape index (κ1) is 11.5. The number of aliphatic carboxylic acids is 1. The minimum atomic E-state index is -0.672. The van der Waals surface area contributed by atoms with Crippen LogP contribution in [0.4, 0.5) is 0 Å². The predicted molar refractivity (Wildman–Crippen MR) is 56.9 cm³/mol. The van der Waals surface area contributed by atoms with Gasteiger partial charge in [0.1, 0.15) is 0 Å². The van der Waals surface area contributed by atoms with E-state index in [9.17, 15) is 4.79 Å². The van der Waals surface area contributed by atoms with E-state index in [0.717, 1.165) is 18.8 Å². The zero-order valence-corrected chi connectivity index (χ0v) is 9.47. The summed E-state index contributed by atoms with van der Waals surface area (Å²) in [6.07, 6.45) is 4.68. The lowest BCUT2D eigenvalue weighted by molar-refractivity contribution is -0.136. The molecule has 1 aliphatic rings. The Morgan fingerprint density at radius 1 is 1.36 bits per heavy atom. The fourth-order valence-corrected chi connectivity index (χ4v) is 2.28. The summed E-state index contributed by atoms with van der Waals surface area (Å²) < 4.78 is 0. The van der Waals surface area contributed by atoms with Gasteiger partial charge in [0.15, 0.2) is 0 Å². The summed E-state index contributed by atoms with van der Waals surface area (Å²) in [5.41, 5.74) is 0.384. The molecule has 0 aromatic carbocycles. The summed E-state index contributed by atoms with van der Waals surface area (Å²) in [5, 5.41) is 8.67. The maximum absolute atomic E-state index is 10.5. The molecule has 0 bridgehead atoms. The van der Waals surface area contributed by atoms with E-state index in [1.165, 1.54) is 18.8 Å². The van der Waals surface area contributed by atoms with Gasteiger partial charge in [-0.15, -0.1) is 0 Å². The van der Waals surface area contributed by atoms with Crippen LogP contribution >= 0.6 is 0 Å². The number of carbonyl (C=O) groups is 1. The molecule has 0 saturated heterocycles. The quantitative estimate of drug-likeness (QED) is 0.737. The lowest BCUT2D eigenvalue weighted by atomic mass is 9.69. The minimum absolute atomic E-state index is 0.289. The highest BCUT2D eigenvalue weighted by Crippen LogP contribution is 2.41. The second kappa shape index (κ2) is 4.33. The Labute approximate surface area is 86.7 Å². The van der Waals surface area contributed by atoms with Crippen LogP contribution in [0.25, 0.3) is 0 Å². The third-order valence-electron chi connectivity index (χ3n) is 3.32. The Hall–Kier alpha value is -0.530. The van der Waals surface area contributed by atoms with E-state index in [-0.39, 0.29) is 6.42 Å². The van der Waals surface area contributed by atoms with Gasteiger partial charge in [-0.05, 0) is 42.9 Å². The van der Waals surface area contributed by atoms with Gasteiger partial charge >= 0.3 is 5.97 Å². The van der Waals surface area contributed by atoms with Crippen molar-refractivity contribution in [3.8, 4) is 0 Å². The van der Waals surface area contributed by atoms with Crippen molar-refractivity contribution in [2.75, 3.05) is 0 Å². The van der Waals surface area contributed by atoms with Crippen molar-refractivity contribution in [3.05, 3.63) is 5.92 Å². The second-order valence-electron chi connectivity index (χ2n) is 5.46. The molecule has 1 radical (unpaired) electrons. The molecule has 1 rings (SSSR count). The van der Waals surface area contributed by atoms with Gasteiger partial charge in [0.05, 0.1) is 6.42 Å². The molecule has 0 unspecified atom stereocenters. The van der Waals surface area contributed by atoms with Gasteiger partial charge in [0, 0.05) is 0 Å². The summed E-state index contributed by atoms with van der Waals surface area (Å²) in [6.45, 7) is 6.83. The largest absolute Gasteiger partial charge is 0.481 e. The van der Waals surface area contributed by atoms with E-state index in [4.69, 9.17) is 5.11 Å². The second-order valence-corrected chi connectivity index (χ2v) is 5.46. The minimum Gasteiger partial charge on any atom is -0.481 e. The van der Waals surface area contributed by atoms with Crippen molar-refractivity contribution in [3.63, 3.8) is 0 Å². The molecule has 1 N–H and O–H groups in total. The van der Waals surface area contributed by atoms with Gasteiger partial charge in [-0.1, -0.05) is 20.8 Å². The van der Waals surface area contributed by atoms with Crippen molar-refractivity contribution in [1.29, 1.82) is 0 Å². The highest BCUT2D eigenvalue weighted by molar-refractivity contribution is 5.69. The molecule has 2 heteroatoms. The fourth-order valence-electron chi connectivity index (χ4n) is 2.28. The lowest BCUT2D eigenvalue weighted by Crippen LogP contribution is -2.25. The van der Waals surface area contributed by atoms with Crippen LogP contribution in [0.5, 0.6) is 0 Å². The molecule has 0 aromatic rings. The van der Waals surface area contributed by atoms with Gasteiger partial charge in [0.2, 0.25) is 0 Å². The molecule has 14 heavy (non-hydrogen) atoms. The van der Waals surface area contributed by atoms with Crippen LogP contribution in [-0.4, -0.2) is 11.1 Å². The van der Waals surface area contributed by atoms with Gasteiger partial charge in [0.25, 0.3) is 0 Å². The molecule has 0 atom stereocenters. The number of carboxylic acids is 1. The Morgan fingerprint density at radius 3 is 2.21 bits per heavy atom. The molecule has 0 amide bonds.